The molecule has 0 bridgehead atoms. The smallest absolute Gasteiger partial charge is 0.325 e. The number of hydrogen-bond donors (Lipinski definition) is 2. The van der Waals surface area contributed by atoms with E-state index in [1.807, 2.05) is 13.0 Å². The number of carbonyl (C=O) groups is 1. The van der Waals surface area contributed by atoms with E-state index in [0.717, 1.165) is 16.7 Å². The van der Waals surface area contributed by atoms with Crippen LogP contribution in [0.25, 0.3) is 0 Å². The van der Waals surface area contributed by atoms with Crippen molar-refractivity contribution in [1.29, 1.82) is 0 Å². The minimum atomic E-state index is -4.08. The molecule has 1 fully saturated rings. The van der Waals surface area contributed by atoms with Gasteiger partial charge in [-0.1, -0.05) is 30.3 Å². The van der Waals surface area contributed by atoms with Gasteiger partial charge in [0.05, 0.1) is 7.11 Å². The topological polar surface area (TPSA) is 92.7 Å². The predicted molar refractivity (Wildman–Crippen MR) is 97.0 cm³/mol. The van der Waals surface area contributed by atoms with Gasteiger partial charge >= 0.3 is 5.97 Å². The van der Waals surface area contributed by atoms with Gasteiger partial charge in [-0.15, -0.1) is 0 Å². The molecule has 3 rings (SSSR count). The molecule has 2 aromatic carbocycles. The van der Waals surface area contributed by atoms with E-state index in [1.165, 1.54) is 13.2 Å². The Bertz CT molecular complexity index is 955. The van der Waals surface area contributed by atoms with Gasteiger partial charge in [-0.25, -0.2) is 8.42 Å². The zero-order chi connectivity index (χ0) is 19.1. The maximum atomic E-state index is 13.0. The second-order valence-electron chi connectivity index (χ2n) is 6.64. The van der Waals surface area contributed by atoms with Gasteiger partial charge in [0, 0.05) is 5.92 Å². The van der Waals surface area contributed by atoms with E-state index in [-0.39, 0.29) is 17.1 Å². The molecule has 7 heteroatoms. The minimum Gasteiger partial charge on any atom is -0.495 e. The van der Waals surface area contributed by atoms with Crippen LogP contribution in [0.1, 0.15) is 29.0 Å². The molecule has 26 heavy (non-hydrogen) atoms. The maximum absolute atomic E-state index is 13.0. The first-order valence-electron chi connectivity index (χ1n) is 8.19. The van der Waals surface area contributed by atoms with Crippen molar-refractivity contribution in [3.05, 3.63) is 59.2 Å². The van der Waals surface area contributed by atoms with Crippen molar-refractivity contribution in [2.75, 3.05) is 7.11 Å². The molecule has 138 valence electrons. The molecule has 0 saturated heterocycles. The second-order valence-corrected chi connectivity index (χ2v) is 8.29. The standard InChI is InChI=1S/C19H21NO5S/c1-12-9-16(25-3)17(10-13(12)2)26(23,24)20-19(18(21)22)11-15(19)14-7-5-4-6-8-14/h4-10,15,20H,11H2,1-3H3,(H,21,22). The van der Waals surface area contributed by atoms with E-state index in [9.17, 15) is 18.3 Å². The van der Waals surface area contributed by atoms with Gasteiger partial charge in [0.2, 0.25) is 10.0 Å². The Labute approximate surface area is 152 Å². The van der Waals surface area contributed by atoms with Gasteiger partial charge < -0.3 is 9.84 Å². The third-order valence-corrected chi connectivity index (χ3v) is 6.46. The molecule has 0 heterocycles. The third-order valence-electron chi connectivity index (χ3n) is 4.93. The van der Waals surface area contributed by atoms with Crippen molar-refractivity contribution in [3.63, 3.8) is 0 Å². The number of aliphatic carboxylic acids is 1. The Balaban J connectivity index is 1.99. The monoisotopic (exact) mass is 375 g/mol. The Morgan fingerprint density at radius 3 is 2.38 bits per heavy atom. The van der Waals surface area contributed by atoms with Crippen molar-refractivity contribution >= 4 is 16.0 Å². The van der Waals surface area contributed by atoms with Crippen LogP contribution in [0.15, 0.2) is 47.4 Å². The summed E-state index contributed by atoms with van der Waals surface area (Å²) >= 11 is 0. The number of aryl methyl sites for hydroxylation is 2. The number of rotatable bonds is 6. The fourth-order valence-electron chi connectivity index (χ4n) is 3.17. The fraction of sp³-hybridized carbons (Fsp3) is 0.316. The van der Waals surface area contributed by atoms with Crippen LogP contribution in [-0.4, -0.2) is 32.1 Å². The van der Waals surface area contributed by atoms with Crippen LogP contribution in [-0.2, 0) is 14.8 Å². The molecule has 0 aromatic heterocycles. The Morgan fingerprint density at radius 1 is 1.19 bits per heavy atom. The van der Waals surface area contributed by atoms with E-state index >= 15 is 0 Å². The Kier molecular flexibility index (Phi) is 4.54. The highest BCUT2D eigenvalue weighted by molar-refractivity contribution is 7.89. The van der Waals surface area contributed by atoms with Gasteiger partial charge in [0.15, 0.2) is 0 Å². The van der Waals surface area contributed by atoms with E-state index in [1.54, 1.807) is 37.3 Å². The maximum Gasteiger partial charge on any atom is 0.325 e. The van der Waals surface area contributed by atoms with Gasteiger partial charge in [0.1, 0.15) is 16.2 Å². The first kappa shape index (κ1) is 18.4. The van der Waals surface area contributed by atoms with Crippen LogP contribution in [0.5, 0.6) is 5.75 Å². The number of methoxy groups -OCH3 is 1. The Hall–Kier alpha value is -2.38. The molecule has 0 aliphatic heterocycles. The van der Waals surface area contributed by atoms with E-state index in [2.05, 4.69) is 4.72 Å². The van der Waals surface area contributed by atoms with Gasteiger partial charge in [-0.05, 0) is 49.1 Å². The summed E-state index contributed by atoms with van der Waals surface area (Å²) in [5, 5.41) is 9.71. The first-order chi connectivity index (χ1) is 12.2. The second kappa shape index (κ2) is 6.41. The molecule has 2 atom stereocenters. The number of nitrogens with one attached hydrogen (secondary N) is 1. The number of benzene rings is 2. The highest BCUT2D eigenvalue weighted by Crippen LogP contribution is 2.52. The normalized spacial score (nSPS) is 22.0. The van der Waals surface area contributed by atoms with Gasteiger partial charge in [-0.3, -0.25) is 4.79 Å². The zero-order valence-corrected chi connectivity index (χ0v) is 15.6. The van der Waals surface area contributed by atoms with Crippen LogP contribution in [0.2, 0.25) is 0 Å². The van der Waals surface area contributed by atoms with Crippen molar-refractivity contribution in [2.45, 2.75) is 36.6 Å². The number of hydrogen-bond acceptors (Lipinski definition) is 4. The van der Waals surface area contributed by atoms with E-state index < -0.39 is 27.4 Å². The number of carboxylic acids is 1. The molecule has 0 amide bonds. The Morgan fingerprint density at radius 2 is 1.81 bits per heavy atom. The summed E-state index contributed by atoms with van der Waals surface area (Å²) in [7, 11) is -2.69. The molecular weight excluding hydrogens is 354 g/mol. The van der Waals surface area contributed by atoms with Crippen molar-refractivity contribution in [1.82, 2.24) is 4.72 Å². The zero-order valence-electron chi connectivity index (χ0n) is 14.8. The van der Waals surface area contributed by atoms with Crippen LogP contribution in [0.3, 0.4) is 0 Å². The molecular formula is C19H21NO5S. The van der Waals surface area contributed by atoms with Crippen LogP contribution in [0.4, 0.5) is 0 Å². The minimum absolute atomic E-state index is 0.0533. The lowest BCUT2D eigenvalue weighted by molar-refractivity contribution is -0.140. The highest BCUT2D eigenvalue weighted by atomic mass is 32.2. The summed E-state index contributed by atoms with van der Waals surface area (Å²) in [6.07, 6.45) is 0.207. The molecule has 1 aliphatic carbocycles. The fourth-order valence-corrected chi connectivity index (χ4v) is 4.81. The predicted octanol–water partition coefficient (Wildman–Crippen LogP) is 2.60. The molecule has 1 aliphatic rings. The molecule has 2 N–H and O–H groups in total. The van der Waals surface area contributed by atoms with Gasteiger partial charge in [-0.2, -0.15) is 4.72 Å². The molecule has 1 saturated carbocycles. The molecule has 0 radical (unpaired) electrons. The molecule has 2 aromatic rings. The average molecular weight is 375 g/mol. The SMILES string of the molecule is COc1cc(C)c(C)cc1S(=O)(=O)NC1(C(=O)O)CC1c1ccccc1. The quantitative estimate of drug-likeness (QED) is 0.810. The lowest BCUT2D eigenvalue weighted by atomic mass is 10.1. The number of sulfonamides is 1. The van der Waals surface area contributed by atoms with Crippen LogP contribution < -0.4 is 9.46 Å². The van der Waals surface area contributed by atoms with Gasteiger partial charge in [0.25, 0.3) is 0 Å². The van der Waals surface area contributed by atoms with Crippen LogP contribution >= 0.6 is 0 Å². The van der Waals surface area contributed by atoms with Crippen LogP contribution in [0, 0.1) is 13.8 Å². The third kappa shape index (κ3) is 3.08. The van der Waals surface area contributed by atoms with Crippen molar-refractivity contribution in [2.24, 2.45) is 0 Å². The number of carboxylic acid groups (broad SMARTS) is 1. The van der Waals surface area contributed by atoms with E-state index in [0.29, 0.717) is 0 Å². The summed E-state index contributed by atoms with van der Waals surface area (Å²) in [6.45, 7) is 3.65. The molecule has 0 spiro atoms. The summed E-state index contributed by atoms with van der Waals surface area (Å²) in [5.74, 6) is -1.40. The van der Waals surface area contributed by atoms with Crippen molar-refractivity contribution < 1.29 is 23.1 Å². The summed E-state index contributed by atoms with van der Waals surface area (Å²) in [5.41, 5.74) is 0.933. The summed E-state index contributed by atoms with van der Waals surface area (Å²) in [6, 6.07) is 12.2. The lowest BCUT2D eigenvalue weighted by Crippen LogP contribution is -2.44. The van der Waals surface area contributed by atoms with E-state index in [4.69, 9.17) is 4.74 Å². The van der Waals surface area contributed by atoms with Crippen molar-refractivity contribution in [3.8, 4) is 5.75 Å². The summed E-state index contributed by atoms with van der Waals surface area (Å²) < 4.78 is 33.5. The first-order valence-corrected chi connectivity index (χ1v) is 9.67. The largest absolute Gasteiger partial charge is 0.495 e. The average Bonchev–Trinajstić information content (AvgIpc) is 3.32. The summed E-state index contributed by atoms with van der Waals surface area (Å²) in [4.78, 5) is 11.8. The number of ether oxygens (including phenoxy) is 1. The molecule has 6 nitrogen and oxygen atoms in total. The highest BCUT2D eigenvalue weighted by Gasteiger charge is 2.63. The molecule has 2 unspecified atom stereocenters. The lowest BCUT2D eigenvalue weighted by Gasteiger charge is -2.18.